The number of benzene rings is 1. The van der Waals surface area contributed by atoms with Gasteiger partial charge in [0.15, 0.2) is 28.3 Å². The molecule has 4 rings (SSSR count). The second-order valence-electron chi connectivity index (χ2n) is 6.34. The van der Waals surface area contributed by atoms with Gasteiger partial charge in [-0.25, -0.2) is 23.7 Å². The van der Waals surface area contributed by atoms with E-state index >= 15 is 8.78 Å². The predicted molar refractivity (Wildman–Crippen MR) is 110 cm³/mol. The smallest absolute Gasteiger partial charge is 0.187 e. The fraction of sp³-hybridized carbons (Fsp3) is 0.200. The fourth-order valence-corrected chi connectivity index (χ4v) is 3.45. The molecule has 0 radical (unpaired) electrons. The number of thioether (sulfide) groups is 1. The molecule has 0 N–H and O–H groups in total. The number of ether oxygens (including phenoxy) is 2. The SMILES string of the molecule is COc1cc(OC)c(F)c(-c2cc3cnc(SC)nc3c(-c3cnn(C)c3)n2)c1F. The summed E-state index contributed by atoms with van der Waals surface area (Å²) in [5.41, 5.74) is 1.36. The highest BCUT2D eigenvalue weighted by atomic mass is 32.2. The van der Waals surface area contributed by atoms with Gasteiger partial charge in [0, 0.05) is 36.5 Å². The van der Waals surface area contributed by atoms with Crippen LogP contribution >= 0.6 is 11.8 Å². The number of hydrogen-bond acceptors (Lipinski definition) is 7. The summed E-state index contributed by atoms with van der Waals surface area (Å²) in [5, 5.41) is 5.31. The Labute approximate surface area is 175 Å². The zero-order chi connectivity index (χ0) is 21.4. The van der Waals surface area contributed by atoms with E-state index in [4.69, 9.17) is 9.47 Å². The third kappa shape index (κ3) is 3.32. The Morgan fingerprint density at radius 3 is 2.27 bits per heavy atom. The van der Waals surface area contributed by atoms with Gasteiger partial charge in [0.05, 0.1) is 31.7 Å². The molecule has 0 saturated heterocycles. The molecule has 0 aliphatic rings. The molecule has 0 fully saturated rings. The number of halogens is 2. The normalized spacial score (nSPS) is 11.1. The molecule has 3 aromatic heterocycles. The van der Waals surface area contributed by atoms with Crippen LogP contribution in [0.2, 0.25) is 0 Å². The molecule has 0 aliphatic carbocycles. The van der Waals surface area contributed by atoms with Crippen molar-refractivity contribution in [2.24, 2.45) is 7.05 Å². The Balaban J connectivity index is 2.07. The molecule has 4 aromatic rings. The molecule has 0 atom stereocenters. The fourth-order valence-electron chi connectivity index (χ4n) is 3.10. The van der Waals surface area contributed by atoms with Crippen molar-refractivity contribution in [2.45, 2.75) is 5.16 Å². The maximum absolute atomic E-state index is 15.1. The number of nitrogens with zero attached hydrogens (tertiary/aromatic N) is 5. The van der Waals surface area contributed by atoms with Crippen LogP contribution in [0.1, 0.15) is 0 Å². The summed E-state index contributed by atoms with van der Waals surface area (Å²) in [6.45, 7) is 0. The number of aryl methyl sites for hydroxylation is 1. The van der Waals surface area contributed by atoms with Gasteiger partial charge in [0.2, 0.25) is 0 Å². The quantitative estimate of drug-likeness (QED) is 0.349. The van der Waals surface area contributed by atoms with Gasteiger partial charge >= 0.3 is 0 Å². The third-order valence-corrected chi connectivity index (χ3v) is 5.10. The lowest BCUT2D eigenvalue weighted by atomic mass is 10.0. The molecule has 1 aromatic carbocycles. The molecule has 154 valence electrons. The highest BCUT2D eigenvalue weighted by Crippen LogP contribution is 2.39. The second-order valence-corrected chi connectivity index (χ2v) is 7.11. The summed E-state index contributed by atoms with van der Waals surface area (Å²) in [6.07, 6.45) is 6.84. The monoisotopic (exact) mass is 429 g/mol. The van der Waals surface area contributed by atoms with E-state index in [1.807, 2.05) is 6.26 Å². The highest BCUT2D eigenvalue weighted by molar-refractivity contribution is 7.98. The van der Waals surface area contributed by atoms with Crippen LogP contribution in [0.3, 0.4) is 0 Å². The van der Waals surface area contributed by atoms with Crippen LogP contribution < -0.4 is 9.47 Å². The molecule has 7 nitrogen and oxygen atoms in total. The van der Waals surface area contributed by atoms with Crippen LogP contribution in [-0.2, 0) is 7.05 Å². The molecule has 0 bridgehead atoms. The molecule has 0 spiro atoms. The van der Waals surface area contributed by atoms with Gasteiger partial charge in [0.1, 0.15) is 11.2 Å². The van der Waals surface area contributed by atoms with Crippen molar-refractivity contribution in [3.8, 4) is 34.0 Å². The van der Waals surface area contributed by atoms with E-state index < -0.39 is 11.6 Å². The Morgan fingerprint density at radius 1 is 1.00 bits per heavy atom. The van der Waals surface area contributed by atoms with Crippen molar-refractivity contribution in [1.29, 1.82) is 0 Å². The average Bonchev–Trinajstić information content (AvgIpc) is 3.19. The summed E-state index contributed by atoms with van der Waals surface area (Å²) in [4.78, 5) is 13.4. The number of methoxy groups -OCH3 is 2. The first-order valence-corrected chi connectivity index (χ1v) is 10.0. The first-order valence-electron chi connectivity index (χ1n) is 8.78. The molecule has 0 unspecified atom stereocenters. The topological polar surface area (TPSA) is 75.0 Å². The minimum Gasteiger partial charge on any atom is -0.494 e. The van der Waals surface area contributed by atoms with Crippen molar-refractivity contribution >= 4 is 22.7 Å². The zero-order valence-electron chi connectivity index (χ0n) is 16.6. The molecule has 10 heteroatoms. The van der Waals surface area contributed by atoms with Crippen molar-refractivity contribution in [2.75, 3.05) is 20.5 Å². The summed E-state index contributed by atoms with van der Waals surface area (Å²) < 4.78 is 41.9. The van der Waals surface area contributed by atoms with E-state index in [9.17, 15) is 0 Å². The third-order valence-electron chi connectivity index (χ3n) is 4.53. The van der Waals surface area contributed by atoms with Crippen LogP contribution in [0.25, 0.3) is 33.4 Å². The Bertz CT molecular complexity index is 1230. The lowest BCUT2D eigenvalue weighted by Gasteiger charge is -2.14. The largest absolute Gasteiger partial charge is 0.494 e. The zero-order valence-corrected chi connectivity index (χ0v) is 17.4. The van der Waals surface area contributed by atoms with Crippen molar-refractivity contribution in [3.05, 3.63) is 42.4 Å². The molecule has 30 heavy (non-hydrogen) atoms. The average molecular weight is 429 g/mol. The minimum atomic E-state index is -0.874. The minimum absolute atomic E-state index is 0.0639. The molecular weight excluding hydrogens is 412 g/mol. The van der Waals surface area contributed by atoms with E-state index in [-0.39, 0.29) is 22.8 Å². The highest BCUT2D eigenvalue weighted by Gasteiger charge is 2.24. The lowest BCUT2D eigenvalue weighted by Crippen LogP contribution is -2.02. The Kier molecular flexibility index (Phi) is 5.25. The van der Waals surface area contributed by atoms with Gasteiger partial charge in [-0.05, 0) is 12.3 Å². The van der Waals surface area contributed by atoms with E-state index in [2.05, 4.69) is 20.1 Å². The predicted octanol–water partition coefficient (Wildman–Crippen LogP) is 4.11. The van der Waals surface area contributed by atoms with Crippen molar-refractivity contribution in [1.82, 2.24) is 24.7 Å². The van der Waals surface area contributed by atoms with Crippen LogP contribution in [0.5, 0.6) is 11.5 Å². The van der Waals surface area contributed by atoms with Gasteiger partial charge in [-0.15, -0.1) is 0 Å². The van der Waals surface area contributed by atoms with Gasteiger partial charge in [-0.1, -0.05) is 11.8 Å². The molecular formula is C20H17F2N5O2S. The second kappa shape index (κ2) is 7.86. The van der Waals surface area contributed by atoms with E-state index in [0.717, 1.165) is 6.07 Å². The molecule has 0 amide bonds. The molecule has 0 aliphatic heterocycles. The van der Waals surface area contributed by atoms with Crippen LogP contribution in [0.4, 0.5) is 8.78 Å². The maximum atomic E-state index is 15.1. The summed E-state index contributed by atoms with van der Waals surface area (Å²) in [7, 11) is 4.36. The van der Waals surface area contributed by atoms with Gasteiger partial charge in [-0.2, -0.15) is 5.10 Å². The standard InChI is InChI=1S/C20H17F2N5O2S/c1-27-9-11(8-24-27)19-18-10(7-23-20(26-18)30-4)5-12(25-19)15-16(21)13(28-2)6-14(29-3)17(15)22/h5-9H,1-4H3. The molecule has 0 saturated carbocycles. The number of hydrogen-bond donors (Lipinski definition) is 0. The van der Waals surface area contributed by atoms with E-state index in [0.29, 0.717) is 27.3 Å². The van der Waals surface area contributed by atoms with E-state index in [1.54, 1.807) is 36.4 Å². The first kappa shape index (κ1) is 20.0. The van der Waals surface area contributed by atoms with Crippen LogP contribution in [-0.4, -0.2) is 45.2 Å². The number of fused-ring (bicyclic) bond motifs is 1. The number of aromatic nitrogens is 5. The summed E-state index contributed by atoms with van der Waals surface area (Å²) in [6, 6.07) is 2.70. The summed E-state index contributed by atoms with van der Waals surface area (Å²) >= 11 is 1.38. The molecule has 3 heterocycles. The Hall–Kier alpha value is -3.27. The number of rotatable bonds is 5. The van der Waals surface area contributed by atoms with Crippen LogP contribution in [0, 0.1) is 11.6 Å². The first-order chi connectivity index (χ1) is 14.5. The van der Waals surface area contributed by atoms with Gasteiger partial charge in [-0.3, -0.25) is 4.68 Å². The maximum Gasteiger partial charge on any atom is 0.187 e. The van der Waals surface area contributed by atoms with Crippen LogP contribution in [0.15, 0.2) is 35.9 Å². The lowest BCUT2D eigenvalue weighted by molar-refractivity contribution is 0.359. The van der Waals surface area contributed by atoms with E-state index in [1.165, 1.54) is 26.0 Å². The van der Waals surface area contributed by atoms with Crippen molar-refractivity contribution < 1.29 is 18.3 Å². The van der Waals surface area contributed by atoms with Crippen molar-refractivity contribution in [3.63, 3.8) is 0 Å². The number of pyridine rings is 1. The summed E-state index contributed by atoms with van der Waals surface area (Å²) in [5.74, 6) is -2.05. The van der Waals surface area contributed by atoms with Gasteiger partial charge < -0.3 is 9.47 Å². The Morgan fingerprint density at radius 2 is 1.70 bits per heavy atom. The van der Waals surface area contributed by atoms with Gasteiger partial charge in [0.25, 0.3) is 0 Å².